The molecule has 0 saturated heterocycles. The number of hydrogen-bond acceptors (Lipinski definition) is 6. The van der Waals surface area contributed by atoms with E-state index < -0.39 is 16.0 Å². The summed E-state index contributed by atoms with van der Waals surface area (Å²) in [6.45, 7) is 1.52. The van der Waals surface area contributed by atoms with E-state index in [2.05, 4.69) is 22.6 Å². The van der Waals surface area contributed by atoms with E-state index >= 15 is 0 Å². The number of halogens is 1. The summed E-state index contributed by atoms with van der Waals surface area (Å²) in [6, 6.07) is 7.00. The first-order valence-corrected chi connectivity index (χ1v) is 7.70. The van der Waals surface area contributed by atoms with Crippen LogP contribution >= 0.6 is 36.0 Å². The van der Waals surface area contributed by atoms with E-state index in [-0.39, 0.29) is 11.4 Å². The van der Waals surface area contributed by atoms with Gasteiger partial charge in [-0.15, -0.1) is 12.6 Å². The third-order valence-corrected chi connectivity index (χ3v) is 4.30. The van der Waals surface area contributed by atoms with Crippen LogP contribution in [-0.2, 0) is 4.79 Å². The zero-order chi connectivity index (χ0) is 16.3. The second-order valence-corrected chi connectivity index (χ2v) is 6.21. The number of benzene rings is 1. The predicted molar refractivity (Wildman–Crippen MR) is 86.7 cm³/mol. The SMILES string of the molecule is CC(C(=O)S)c1nc(Sc2ccc(Cl)cc2)ncc1[N+](=O)[O-]. The molecule has 0 radical (unpaired) electrons. The molecule has 0 aliphatic rings. The van der Waals surface area contributed by atoms with Gasteiger partial charge in [-0.3, -0.25) is 14.9 Å². The van der Waals surface area contributed by atoms with Crippen LogP contribution in [0.1, 0.15) is 18.5 Å². The fourth-order valence-corrected chi connectivity index (χ4v) is 2.59. The maximum absolute atomic E-state index is 11.4. The van der Waals surface area contributed by atoms with Crippen molar-refractivity contribution in [2.24, 2.45) is 0 Å². The largest absolute Gasteiger partial charge is 0.309 e. The Morgan fingerprint density at radius 2 is 2.05 bits per heavy atom. The van der Waals surface area contributed by atoms with Crippen LogP contribution in [0.3, 0.4) is 0 Å². The average Bonchev–Trinajstić information content (AvgIpc) is 2.48. The molecule has 0 aliphatic carbocycles. The molecule has 0 amide bonds. The van der Waals surface area contributed by atoms with Gasteiger partial charge in [-0.1, -0.05) is 11.6 Å². The second kappa shape index (κ2) is 7.08. The summed E-state index contributed by atoms with van der Waals surface area (Å²) < 4.78 is 0. The molecule has 1 unspecified atom stereocenters. The Balaban J connectivity index is 2.37. The lowest BCUT2D eigenvalue weighted by Crippen LogP contribution is -2.09. The molecule has 0 aliphatic heterocycles. The van der Waals surface area contributed by atoms with E-state index in [1.807, 2.05) is 0 Å². The first kappa shape index (κ1) is 16.7. The average molecular weight is 356 g/mol. The van der Waals surface area contributed by atoms with Crippen molar-refractivity contribution >= 4 is 46.8 Å². The normalized spacial score (nSPS) is 12.0. The van der Waals surface area contributed by atoms with Gasteiger partial charge in [0.1, 0.15) is 11.9 Å². The molecule has 2 aromatic rings. The molecule has 2 rings (SSSR count). The van der Waals surface area contributed by atoms with Crippen molar-refractivity contribution in [1.82, 2.24) is 9.97 Å². The molecule has 0 spiro atoms. The minimum atomic E-state index is -0.795. The van der Waals surface area contributed by atoms with Crippen LogP contribution in [0.5, 0.6) is 0 Å². The molecule has 0 N–H and O–H groups in total. The number of thiol groups is 1. The van der Waals surface area contributed by atoms with Gasteiger partial charge in [0.05, 0.1) is 10.8 Å². The zero-order valence-electron chi connectivity index (χ0n) is 11.3. The molecule has 114 valence electrons. The molecule has 1 heterocycles. The van der Waals surface area contributed by atoms with Crippen molar-refractivity contribution in [1.29, 1.82) is 0 Å². The van der Waals surface area contributed by atoms with Crippen LogP contribution in [0.2, 0.25) is 5.02 Å². The van der Waals surface area contributed by atoms with Crippen LogP contribution in [0.25, 0.3) is 0 Å². The summed E-state index contributed by atoms with van der Waals surface area (Å²) in [5.41, 5.74) is -0.244. The lowest BCUT2D eigenvalue weighted by atomic mass is 10.1. The highest BCUT2D eigenvalue weighted by molar-refractivity contribution is 7.99. The van der Waals surface area contributed by atoms with E-state index in [1.165, 1.54) is 18.7 Å². The minimum Gasteiger partial charge on any atom is -0.287 e. The van der Waals surface area contributed by atoms with Crippen molar-refractivity contribution in [2.45, 2.75) is 22.9 Å². The van der Waals surface area contributed by atoms with Crippen molar-refractivity contribution in [3.8, 4) is 0 Å². The molecular formula is C13H10ClN3O3S2. The van der Waals surface area contributed by atoms with Crippen molar-refractivity contribution < 1.29 is 9.72 Å². The van der Waals surface area contributed by atoms with Crippen LogP contribution in [-0.4, -0.2) is 20.0 Å². The van der Waals surface area contributed by atoms with E-state index in [0.717, 1.165) is 11.1 Å². The molecule has 1 atom stereocenters. The summed E-state index contributed by atoms with van der Waals surface area (Å²) in [5, 5.41) is 11.4. The Kier molecular flexibility index (Phi) is 5.38. The summed E-state index contributed by atoms with van der Waals surface area (Å²) in [4.78, 5) is 30.7. The summed E-state index contributed by atoms with van der Waals surface area (Å²) >= 11 is 10.8. The fraction of sp³-hybridized carbons (Fsp3) is 0.154. The standard InChI is InChI=1S/C13H10ClN3O3S2/c1-7(12(18)21)11-10(17(19)20)6-15-13(16-11)22-9-4-2-8(14)3-5-9/h2-7H,1H3,(H,18,21). The molecule has 0 bridgehead atoms. The number of aromatic nitrogens is 2. The van der Waals surface area contributed by atoms with E-state index in [4.69, 9.17) is 11.6 Å². The molecule has 1 aromatic heterocycles. The lowest BCUT2D eigenvalue weighted by Gasteiger charge is -2.08. The van der Waals surface area contributed by atoms with Gasteiger partial charge in [-0.05, 0) is 43.0 Å². The smallest absolute Gasteiger partial charge is 0.287 e. The molecule has 0 fully saturated rings. The first-order chi connectivity index (χ1) is 10.4. The predicted octanol–water partition coefficient (Wildman–Crippen LogP) is 3.75. The number of nitrogens with zero attached hydrogens (tertiary/aromatic N) is 3. The van der Waals surface area contributed by atoms with Gasteiger partial charge in [0.2, 0.25) is 0 Å². The molecule has 0 saturated carbocycles. The number of nitro groups is 1. The Labute approximate surface area is 140 Å². The monoisotopic (exact) mass is 355 g/mol. The summed E-state index contributed by atoms with van der Waals surface area (Å²) in [5.74, 6) is -0.795. The van der Waals surface area contributed by atoms with Gasteiger partial charge in [-0.2, -0.15) is 0 Å². The highest BCUT2D eigenvalue weighted by atomic mass is 35.5. The Bertz CT molecular complexity index is 725. The lowest BCUT2D eigenvalue weighted by molar-refractivity contribution is -0.386. The van der Waals surface area contributed by atoms with Gasteiger partial charge in [0.25, 0.3) is 0 Å². The zero-order valence-corrected chi connectivity index (χ0v) is 13.7. The topological polar surface area (TPSA) is 86.0 Å². The molecular weight excluding hydrogens is 346 g/mol. The fourth-order valence-electron chi connectivity index (χ4n) is 1.61. The first-order valence-electron chi connectivity index (χ1n) is 6.06. The van der Waals surface area contributed by atoms with Gasteiger partial charge >= 0.3 is 5.69 Å². The third kappa shape index (κ3) is 3.96. The summed E-state index contributed by atoms with van der Waals surface area (Å²) in [6.07, 6.45) is 1.10. The Morgan fingerprint density at radius 1 is 1.41 bits per heavy atom. The van der Waals surface area contributed by atoms with Crippen LogP contribution < -0.4 is 0 Å². The summed E-state index contributed by atoms with van der Waals surface area (Å²) in [7, 11) is 0. The van der Waals surface area contributed by atoms with Crippen molar-refractivity contribution in [2.75, 3.05) is 0 Å². The van der Waals surface area contributed by atoms with Crippen LogP contribution in [0.15, 0.2) is 40.5 Å². The maximum Gasteiger partial charge on any atom is 0.309 e. The van der Waals surface area contributed by atoms with Crippen LogP contribution in [0.4, 0.5) is 5.69 Å². The van der Waals surface area contributed by atoms with Crippen molar-refractivity contribution in [3.63, 3.8) is 0 Å². The number of carbonyl (C=O) groups is 1. The number of carbonyl (C=O) groups excluding carboxylic acids is 1. The molecule has 9 heteroatoms. The minimum absolute atomic E-state index is 0.0523. The van der Waals surface area contributed by atoms with Gasteiger partial charge in [-0.25, -0.2) is 9.97 Å². The quantitative estimate of drug-likeness (QED) is 0.380. The van der Waals surface area contributed by atoms with Gasteiger partial charge in [0, 0.05) is 9.92 Å². The number of hydrogen-bond donors (Lipinski definition) is 1. The van der Waals surface area contributed by atoms with Crippen LogP contribution in [0, 0.1) is 10.1 Å². The van der Waals surface area contributed by atoms with Gasteiger partial charge < -0.3 is 0 Å². The molecule has 6 nitrogen and oxygen atoms in total. The Hall–Kier alpha value is -1.64. The highest BCUT2D eigenvalue weighted by Gasteiger charge is 2.25. The Morgan fingerprint density at radius 3 is 2.59 bits per heavy atom. The van der Waals surface area contributed by atoms with E-state index in [0.29, 0.717) is 10.2 Å². The number of rotatable bonds is 5. The van der Waals surface area contributed by atoms with Gasteiger partial charge in [0.15, 0.2) is 10.3 Å². The molecule has 22 heavy (non-hydrogen) atoms. The van der Waals surface area contributed by atoms with Crippen molar-refractivity contribution in [3.05, 3.63) is 51.3 Å². The second-order valence-electron chi connectivity index (χ2n) is 4.30. The third-order valence-electron chi connectivity index (χ3n) is 2.78. The maximum atomic E-state index is 11.4. The van der Waals surface area contributed by atoms with E-state index in [1.54, 1.807) is 24.3 Å². The molecule has 1 aromatic carbocycles. The highest BCUT2D eigenvalue weighted by Crippen LogP contribution is 2.31. The van der Waals surface area contributed by atoms with E-state index in [9.17, 15) is 14.9 Å².